The third-order valence-electron chi connectivity index (χ3n) is 3.52. The van der Waals surface area contributed by atoms with E-state index in [1.54, 1.807) is 11.8 Å². The van der Waals surface area contributed by atoms with Crippen molar-refractivity contribution in [2.45, 2.75) is 18.9 Å². The third-order valence-corrected chi connectivity index (χ3v) is 4.40. The monoisotopic (exact) mass is 309 g/mol. The molecule has 0 atom stereocenters. The molecule has 0 bridgehead atoms. The van der Waals surface area contributed by atoms with Crippen molar-refractivity contribution in [3.05, 3.63) is 65.7 Å². The molecule has 2 nitrogen and oxygen atoms in total. The Labute approximate surface area is 135 Å². The van der Waals surface area contributed by atoms with Gasteiger partial charge in [0.2, 0.25) is 0 Å². The predicted octanol–water partition coefficient (Wildman–Crippen LogP) is 5.02. The molecule has 0 aliphatic heterocycles. The highest BCUT2D eigenvalue weighted by Crippen LogP contribution is 2.23. The molecule has 3 aromatic rings. The lowest BCUT2D eigenvalue weighted by atomic mass is 10.1. The van der Waals surface area contributed by atoms with Crippen LogP contribution >= 0.6 is 11.8 Å². The van der Waals surface area contributed by atoms with Gasteiger partial charge in [-0.3, -0.25) is 0 Å². The minimum atomic E-state index is 0.682. The minimum Gasteiger partial charge on any atom is -0.493 e. The fraction of sp³-hybridized carbons (Fsp3) is 0.211. The van der Waals surface area contributed by atoms with Crippen molar-refractivity contribution >= 4 is 22.7 Å². The highest BCUT2D eigenvalue weighted by atomic mass is 32.2. The van der Waals surface area contributed by atoms with Gasteiger partial charge in [-0.25, -0.2) is 4.98 Å². The van der Waals surface area contributed by atoms with E-state index in [1.165, 1.54) is 16.5 Å². The van der Waals surface area contributed by atoms with Gasteiger partial charge in [0.05, 0.1) is 17.1 Å². The van der Waals surface area contributed by atoms with Gasteiger partial charge in [0.25, 0.3) is 0 Å². The maximum Gasteiger partial charge on any atom is 0.119 e. The highest BCUT2D eigenvalue weighted by molar-refractivity contribution is 7.99. The van der Waals surface area contributed by atoms with Crippen LogP contribution in [0.15, 0.2) is 59.6 Å². The molecule has 0 amide bonds. The van der Waals surface area contributed by atoms with Crippen LogP contribution in [-0.2, 0) is 0 Å². The van der Waals surface area contributed by atoms with E-state index in [4.69, 9.17) is 9.72 Å². The van der Waals surface area contributed by atoms with Gasteiger partial charge in [-0.2, -0.15) is 0 Å². The second-order valence-electron chi connectivity index (χ2n) is 5.30. The van der Waals surface area contributed by atoms with Gasteiger partial charge >= 0.3 is 0 Å². The number of benzene rings is 2. The Balaban J connectivity index is 1.58. The van der Waals surface area contributed by atoms with Gasteiger partial charge in [0.15, 0.2) is 0 Å². The summed E-state index contributed by atoms with van der Waals surface area (Å²) in [5, 5.41) is 2.28. The smallest absolute Gasteiger partial charge is 0.119 e. The predicted molar refractivity (Wildman–Crippen MR) is 93.9 cm³/mol. The molecule has 1 heterocycles. The van der Waals surface area contributed by atoms with E-state index in [-0.39, 0.29) is 0 Å². The van der Waals surface area contributed by atoms with E-state index in [1.807, 2.05) is 18.2 Å². The van der Waals surface area contributed by atoms with Crippen LogP contribution in [0.25, 0.3) is 10.9 Å². The van der Waals surface area contributed by atoms with E-state index in [9.17, 15) is 0 Å². The van der Waals surface area contributed by atoms with Crippen molar-refractivity contribution < 1.29 is 4.74 Å². The number of aromatic nitrogens is 1. The number of aryl methyl sites for hydroxylation is 2. The van der Waals surface area contributed by atoms with Crippen molar-refractivity contribution in [2.75, 3.05) is 12.4 Å². The first-order valence-corrected chi connectivity index (χ1v) is 8.39. The zero-order valence-electron chi connectivity index (χ0n) is 12.9. The lowest BCUT2D eigenvalue weighted by Crippen LogP contribution is -2.00. The Kier molecular flexibility index (Phi) is 4.64. The van der Waals surface area contributed by atoms with Crippen LogP contribution in [0.5, 0.6) is 5.75 Å². The van der Waals surface area contributed by atoms with Gasteiger partial charge < -0.3 is 4.74 Å². The highest BCUT2D eigenvalue weighted by Gasteiger charge is 2.03. The van der Waals surface area contributed by atoms with Gasteiger partial charge in [-0.05, 0) is 43.7 Å². The topological polar surface area (TPSA) is 22.1 Å². The van der Waals surface area contributed by atoms with Crippen molar-refractivity contribution in [3.63, 3.8) is 0 Å². The molecule has 0 saturated heterocycles. The van der Waals surface area contributed by atoms with Gasteiger partial charge in [-0.1, -0.05) is 35.9 Å². The Bertz CT molecular complexity index is 768. The fourth-order valence-corrected chi connectivity index (χ4v) is 3.13. The van der Waals surface area contributed by atoms with Crippen LogP contribution in [0.2, 0.25) is 0 Å². The van der Waals surface area contributed by atoms with Crippen molar-refractivity contribution in [2.24, 2.45) is 0 Å². The first kappa shape index (κ1) is 14.9. The van der Waals surface area contributed by atoms with E-state index in [2.05, 4.69) is 50.2 Å². The Hall–Kier alpha value is -2.00. The zero-order chi connectivity index (χ0) is 15.4. The van der Waals surface area contributed by atoms with E-state index >= 15 is 0 Å². The molecule has 0 radical (unpaired) electrons. The normalized spacial score (nSPS) is 10.8. The van der Waals surface area contributed by atoms with Gasteiger partial charge in [0, 0.05) is 11.1 Å². The number of hydrogen-bond donors (Lipinski definition) is 0. The van der Waals surface area contributed by atoms with Gasteiger partial charge in [0.1, 0.15) is 5.75 Å². The molecule has 2 aromatic carbocycles. The summed E-state index contributed by atoms with van der Waals surface area (Å²) in [5.74, 6) is 1.81. The quantitative estimate of drug-likeness (QED) is 0.488. The number of pyridine rings is 1. The summed E-state index contributed by atoms with van der Waals surface area (Å²) in [6, 6.07) is 18.6. The molecule has 22 heavy (non-hydrogen) atoms. The fourth-order valence-electron chi connectivity index (χ4n) is 2.33. The van der Waals surface area contributed by atoms with E-state index < -0.39 is 0 Å². The molecule has 0 aliphatic carbocycles. The molecule has 0 aliphatic rings. The molecular weight excluding hydrogens is 290 g/mol. The molecule has 1 aromatic heterocycles. The average molecular weight is 309 g/mol. The molecule has 3 rings (SSSR count). The van der Waals surface area contributed by atoms with Crippen LogP contribution in [0, 0.1) is 13.8 Å². The standard InChI is InChI=1S/C19H19NOS/c1-14-7-9-16(10-8-14)21-11-12-22-19-13-15(2)17-5-3-4-6-18(17)20-19/h3-10,13H,11-12H2,1-2H3. The molecule has 0 N–H and O–H groups in total. The number of nitrogens with zero attached hydrogens (tertiary/aromatic N) is 1. The summed E-state index contributed by atoms with van der Waals surface area (Å²) >= 11 is 1.74. The van der Waals surface area contributed by atoms with Crippen LogP contribution < -0.4 is 4.74 Å². The van der Waals surface area contributed by atoms with Crippen molar-refractivity contribution in [1.82, 2.24) is 4.98 Å². The molecule has 3 heteroatoms. The van der Waals surface area contributed by atoms with Crippen LogP contribution in [0.4, 0.5) is 0 Å². The van der Waals surface area contributed by atoms with E-state index in [0.29, 0.717) is 6.61 Å². The number of hydrogen-bond acceptors (Lipinski definition) is 3. The second-order valence-corrected chi connectivity index (χ2v) is 6.42. The van der Waals surface area contributed by atoms with E-state index in [0.717, 1.165) is 22.0 Å². The first-order valence-electron chi connectivity index (χ1n) is 7.41. The molecule has 0 fully saturated rings. The van der Waals surface area contributed by atoms with Crippen molar-refractivity contribution in [3.8, 4) is 5.75 Å². The third kappa shape index (κ3) is 3.60. The summed E-state index contributed by atoms with van der Waals surface area (Å²) in [6.07, 6.45) is 0. The Morgan fingerprint density at radius 3 is 2.59 bits per heavy atom. The van der Waals surface area contributed by atoms with Crippen LogP contribution in [0.1, 0.15) is 11.1 Å². The van der Waals surface area contributed by atoms with Gasteiger partial charge in [-0.15, -0.1) is 11.8 Å². The largest absolute Gasteiger partial charge is 0.493 e. The zero-order valence-corrected chi connectivity index (χ0v) is 13.7. The second kappa shape index (κ2) is 6.84. The number of thioether (sulfide) groups is 1. The summed E-state index contributed by atoms with van der Waals surface area (Å²) in [7, 11) is 0. The average Bonchev–Trinajstić information content (AvgIpc) is 2.53. The molecular formula is C19H19NOS. The number of rotatable bonds is 5. The SMILES string of the molecule is Cc1ccc(OCCSc2cc(C)c3ccccc3n2)cc1. The number of para-hydroxylation sites is 1. The Morgan fingerprint density at radius 2 is 1.77 bits per heavy atom. The summed E-state index contributed by atoms with van der Waals surface area (Å²) in [6.45, 7) is 4.89. The summed E-state index contributed by atoms with van der Waals surface area (Å²) < 4.78 is 5.75. The van der Waals surface area contributed by atoms with Crippen LogP contribution in [0.3, 0.4) is 0 Å². The number of fused-ring (bicyclic) bond motifs is 1. The maximum atomic E-state index is 5.75. The van der Waals surface area contributed by atoms with Crippen molar-refractivity contribution in [1.29, 1.82) is 0 Å². The molecule has 0 unspecified atom stereocenters. The first-order chi connectivity index (χ1) is 10.7. The lowest BCUT2D eigenvalue weighted by Gasteiger charge is -2.08. The number of ether oxygens (including phenoxy) is 1. The maximum absolute atomic E-state index is 5.75. The molecule has 0 spiro atoms. The Morgan fingerprint density at radius 1 is 1.00 bits per heavy atom. The summed E-state index contributed by atoms with van der Waals surface area (Å²) in [4.78, 5) is 4.70. The minimum absolute atomic E-state index is 0.682. The van der Waals surface area contributed by atoms with Crippen LogP contribution in [-0.4, -0.2) is 17.3 Å². The molecule has 112 valence electrons. The lowest BCUT2D eigenvalue weighted by molar-refractivity contribution is 0.344. The molecule has 0 saturated carbocycles. The summed E-state index contributed by atoms with van der Waals surface area (Å²) in [5.41, 5.74) is 3.58.